The van der Waals surface area contributed by atoms with Gasteiger partial charge in [-0.3, -0.25) is 19.4 Å². The number of aromatic nitrogens is 3. The Morgan fingerprint density at radius 2 is 1.90 bits per heavy atom. The highest BCUT2D eigenvalue weighted by Crippen LogP contribution is 2.37. The third-order valence-corrected chi connectivity index (χ3v) is 4.19. The monoisotopic (exact) mass is 411 g/mol. The SMILES string of the molecule is CC(=O)OC[C@H]1O[C@@H](n2nnc3c2NC=NCC3O)[C@H](OC(C)=O)[C@@H]1OC(C)=O. The summed E-state index contributed by atoms with van der Waals surface area (Å²) in [5, 5.41) is 20.9. The van der Waals surface area contributed by atoms with E-state index in [1.165, 1.54) is 31.8 Å². The molecule has 2 aliphatic rings. The number of carbonyl (C=O) groups excluding carboxylic acids is 3. The molecule has 1 aromatic heterocycles. The molecule has 13 nitrogen and oxygen atoms in total. The van der Waals surface area contributed by atoms with E-state index in [9.17, 15) is 19.5 Å². The number of hydrogen-bond donors (Lipinski definition) is 2. The van der Waals surface area contributed by atoms with Crippen LogP contribution >= 0.6 is 0 Å². The van der Waals surface area contributed by atoms with E-state index >= 15 is 0 Å². The Bertz CT molecular complexity index is 824. The Morgan fingerprint density at radius 3 is 2.55 bits per heavy atom. The van der Waals surface area contributed by atoms with Crippen LogP contribution in [0.1, 0.15) is 38.8 Å². The maximum atomic E-state index is 11.7. The molecule has 3 heterocycles. The van der Waals surface area contributed by atoms with Crippen molar-refractivity contribution in [1.29, 1.82) is 0 Å². The number of ether oxygens (including phenoxy) is 4. The molecule has 0 aromatic carbocycles. The standard InChI is InChI=1S/C16H21N5O8/c1-7(22)26-5-11-13(27-8(2)23)14(28-9(3)24)16(29-11)21-15-12(19-20-21)10(25)4-17-6-18-15/h6,10-11,13-14,16,25H,4-5H2,1-3H3,(H,17,18)/t10?,11-,13-,14-,16-/m1/s1. The second kappa shape index (κ2) is 8.53. The number of carbonyl (C=O) groups is 3. The zero-order valence-electron chi connectivity index (χ0n) is 16.0. The fourth-order valence-corrected chi connectivity index (χ4v) is 3.08. The van der Waals surface area contributed by atoms with Gasteiger partial charge in [0.05, 0.1) is 12.9 Å². The number of aliphatic imine (C=N–C) groups is 1. The molecule has 0 amide bonds. The zero-order valence-corrected chi connectivity index (χ0v) is 16.0. The van der Waals surface area contributed by atoms with Gasteiger partial charge in [0.2, 0.25) is 0 Å². The summed E-state index contributed by atoms with van der Waals surface area (Å²) in [7, 11) is 0. The van der Waals surface area contributed by atoms with Gasteiger partial charge in [0.1, 0.15) is 24.5 Å². The van der Waals surface area contributed by atoms with E-state index in [0.29, 0.717) is 0 Å². The molecular weight excluding hydrogens is 390 g/mol. The molecule has 0 radical (unpaired) electrons. The molecule has 0 saturated carbocycles. The number of nitrogens with one attached hydrogen (secondary N) is 1. The molecule has 5 atom stereocenters. The van der Waals surface area contributed by atoms with Crippen LogP contribution in [-0.4, -0.2) is 75.8 Å². The van der Waals surface area contributed by atoms with E-state index in [-0.39, 0.29) is 24.7 Å². The van der Waals surface area contributed by atoms with Crippen molar-refractivity contribution < 1.29 is 38.4 Å². The highest BCUT2D eigenvalue weighted by molar-refractivity contribution is 5.76. The number of esters is 3. The Hall–Kier alpha value is -3.06. The lowest BCUT2D eigenvalue weighted by Gasteiger charge is -2.23. The molecule has 1 aromatic rings. The summed E-state index contributed by atoms with van der Waals surface area (Å²) >= 11 is 0. The van der Waals surface area contributed by atoms with Crippen molar-refractivity contribution in [3.63, 3.8) is 0 Å². The molecule has 1 unspecified atom stereocenters. The van der Waals surface area contributed by atoms with Crippen molar-refractivity contribution in [1.82, 2.24) is 15.0 Å². The smallest absolute Gasteiger partial charge is 0.303 e. The molecule has 2 N–H and O–H groups in total. The van der Waals surface area contributed by atoms with Crippen LogP contribution in [0.3, 0.4) is 0 Å². The van der Waals surface area contributed by atoms with Crippen molar-refractivity contribution >= 4 is 30.1 Å². The Morgan fingerprint density at radius 1 is 1.21 bits per heavy atom. The van der Waals surface area contributed by atoms with Crippen LogP contribution in [0.4, 0.5) is 5.82 Å². The summed E-state index contributed by atoms with van der Waals surface area (Å²) in [4.78, 5) is 38.5. The minimum atomic E-state index is -1.11. The zero-order chi connectivity index (χ0) is 21.1. The normalized spacial score (nSPS) is 28.1. The van der Waals surface area contributed by atoms with Gasteiger partial charge in [-0.2, -0.15) is 4.68 Å². The highest BCUT2D eigenvalue weighted by Gasteiger charge is 2.52. The quantitative estimate of drug-likeness (QED) is 0.455. The van der Waals surface area contributed by atoms with Crippen LogP contribution in [0.5, 0.6) is 0 Å². The third-order valence-electron chi connectivity index (χ3n) is 4.19. The van der Waals surface area contributed by atoms with Crippen LogP contribution in [-0.2, 0) is 33.3 Å². The third kappa shape index (κ3) is 4.51. The molecular formula is C16H21N5O8. The van der Waals surface area contributed by atoms with Crippen LogP contribution in [0.2, 0.25) is 0 Å². The highest BCUT2D eigenvalue weighted by atomic mass is 16.7. The van der Waals surface area contributed by atoms with E-state index in [4.69, 9.17) is 18.9 Å². The fraction of sp³-hybridized carbons (Fsp3) is 0.625. The molecule has 13 heteroatoms. The minimum absolute atomic E-state index is 0.0861. The first-order chi connectivity index (χ1) is 13.8. The number of aliphatic hydroxyl groups is 1. The molecule has 1 fully saturated rings. The van der Waals surface area contributed by atoms with Crippen LogP contribution < -0.4 is 5.32 Å². The average Bonchev–Trinajstić information content (AvgIpc) is 3.12. The van der Waals surface area contributed by atoms with Crippen molar-refractivity contribution in [2.45, 2.75) is 51.4 Å². The number of anilines is 1. The van der Waals surface area contributed by atoms with E-state index in [2.05, 4.69) is 20.6 Å². The molecule has 0 spiro atoms. The van der Waals surface area contributed by atoms with Crippen LogP contribution in [0, 0.1) is 0 Å². The minimum Gasteiger partial charge on any atom is -0.463 e. The second-order valence-corrected chi connectivity index (χ2v) is 6.44. The van der Waals surface area contributed by atoms with Crippen molar-refractivity contribution in [3.8, 4) is 0 Å². The molecule has 2 aliphatic heterocycles. The van der Waals surface area contributed by atoms with E-state index in [1.54, 1.807) is 0 Å². The lowest BCUT2D eigenvalue weighted by Crippen LogP contribution is -2.40. The molecule has 3 rings (SSSR count). The first kappa shape index (κ1) is 20.7. The van der Waals surface area contributed by atoms with Gasteiger partial charge in [-0.05, 0) is 0 Å². The van der Waals surface area contributed by atoms with Gasteiger partial charge in [-0.1, -0.05) is 5.21 Å². The number of fused-ring (bicyclic) bond motifs is 1. The lowest BCUT2D eigenvalue weighted by molar-refractivity contribution is -0.166. The number of aliphatic hydroxyl groups excluding tert-OH is 1. The van der Waals surface area contributed by atoms with Gasteiger partial charge in [-0.25, -0.2) is 0 Å². The largest absolute Gasteiger partial charge is 0.463 e. The number of nitrogens with zero attached hydrogens (tertiary/aromatic N) is 4. The van der Waals surface area contributed by atoms with Crippen LogP contribution in [0.25, 0.3) is 0 Å². The molecule has 0 bridgehead atoms. The summed E-state index contributed by atoms with van der Waals surface area (Å²) in [6, 6.07) is 0. The van der Waals surface area contributed by atoms with Gasteiger partial charge in [0, 0.05) is 20.8 Å². The van der Waals surface area contributed by atoms with Crippen molar-refractivity contribution in [2.75, 3.05) is 18.5 Å². The summed E-state index contributed by atoms with van der Waals surface area (Å²) in [5.41, 5.74) is 0.222. The molecule has 158 valence electrons. The fourth-order valence-electron chi connectivity index (χ4n) is 3.08. The Balaban J connectivity index is 1.97. The van der Waals surface area contributed by atoms with Gasteiger partial charge in [0.25, 0.3) is 0 Å². The van der Waals surface area contributed by atoms with Gasteiger partial charge >= 0.3 is 17.9 Å². The molecule has 29 heavy (non-hydrogen) atoms. The van der Waals surface area contributed by atoms with Crippen molar-refractivity contribution in [2.24, 2.45) is 4.99 Å². The van der Waals surface area contributed by atoms with E-state index < -0.39 is 48.6 Å². The Labute approximate surface area is 165 Å². The topological polar surface area (TPSA) is 163 Å². The van der Waals surface area contributed by atoms with Gasteiger partial charge in [0.15, 0.2) is 24.3 Å². The van der Waals surface area contributed by atoms with Crippen LogP contribution in [0.15, 0.2) is 4.99 Å². The number of hydrogen-bond acceptors (Lipinski definition) is 12. The predicted molar refractivity (Wildman–Crippen MR) is 93.6 cm³/mol. The molecule has 0 aliphatic carbocycles. The average molecular weight is 411 g/mol. The first-order valence-electron chi connectivity index (χ1n) is 8.79. The predicted octanol–water partition coefficient (Wildman–Crippen LogP) is -0.911. The maximum absolute atomic E-state index is 11.7. The molecule has 1 saturated heterocycles. The summed E-state index contributed by atoms with van der Waals surface area (Å²) in [6.07, 6.45) is -3.82. The van der Waals surface area contributed by atoms with Crippen molar-refractivity contribution in [3.05, 3.63) is 5.69 Å². The Kier molecular flexibility index (Phi) is 6.08. The number of rotatable bonds is 5. The van der Waals surface area contributed by atoms with Gasteiger partial charge in [-0.15, -0.1) is 5.10 Å². The summed E-state index contributed by atoms with van der Waals surface area (Å²) < 4.78 is 22.8. The summed E-state index contributed by atoms with van der Waals surface area (Å²) in [5.74, 6) is -1.56. The van der Waals surface area contributed by atoms with Gasteiger partial charge < -0.3 is 29.4 Å². The lowest BCUT2D eigenvalue weighted by atomic mass is 10.1. The second-order valence-electron chi connectivity index (χ2n) is 6.44. The first-order valence-corrected chi connectivity index (χ1v) is 8.79. The maximum Gasteiger partial charge on any atom is 0.303 e. The van der Waals surface area contributed by atoms with E-state index in [0.717, 1.165) is 0 Å². The summed E-state index contributed by atoms with van der Waals surface area (Å²) in [6.45, 7) is 3.45. The van der Waals surface area contributed by atoms with E-state index in [1.807, 2.05) is 0 Å².